The maximum atomic E-state index is 13.0. The van der Waals surface area contributed by atoms with Gasteiger partial charge in [-0.1, -0.05) is 29.8 Å². The van der Waals surface area contributed by atoms with E-state index in [0.29, 0.717) is 30.9 Å². The number of rotatable bonds is 5. The number of fused-ring (bicyclic) bond motifs is 1. The number of ether oxygens (including phenoxy) is 2. The first-order chi connectivity index (χ1) is 13.9. The van der Waals surface area contributed by atoms with Gasteiger partial charge in [0.1, 0.15) is 6.04 Å². The fraction of sp³-hybridized carbons (Fsp3) is 0.391. The summed E-state index contributed by atoms with van der Waals surface area (Å²) in [5, 5.41) is 3.10. The highest BCUT2D eigenvalue weighted by atomic mass is 16.7. The van der Waals surface area contributed by atoms with Gasteiger partial charge in [0.15, 0.2) is 11.5 Å². The third kappa shape index (κ3) is 3.92. The molecule has 1 N–H and O–H groups in total. The Morgan fingerprint density at radius 3 is 2.76 bits per heavy atom. The molecule has 0 spiro atoms. The molecule has 0 radical (unpaired) electrons. The van der Waals surface area contributed by atoms with Crippen LogP contribution < -0.4 is 14.8 Å². The lowest BCUT2D eigenvalue weighted by molar-refractivity contribution is -0.136. The molecule has 0 aliphatic carbocycles. The van der Waals surface area contributed by atoms with Crippen LogP contribution in [0.2, 0.25) is 0 Å². The molecule has 152 valence electrons. The third-order valence-electron chi connectivity index (χ3n) is 5.67. The van der Waals surface area contributed by atoms with Crippen LogP contribution >= 0.6 is 0 Å². The number of benzene rings is 2. The zero-order chi connectivity index (χ0) is 20.5. The van der Waals surface area contributed by atoms with E-state index >= 15 is 0 Å². The van der Waals surface area contributed by atoms with Gasteiger partial charge in [-0.2, -0.15) is 0 Å². The van der Waals surface area contributed by atoms with E-state index in [0.717, 1.165) is 16.7 Å². The summed E-state index contributed by atoms with van der Waals surface area (Å²) in [6.45, 7) is 6.68. The monoisotopic (exact) mass is 394 g/mol. The molecule has 2 unspecified atom stereocenters. The zero-order valence-electron chi connectivity index (χ0n) is 17.0. The van der Waals surface area contributed by atoms with Crippen molar-refractivity contribution in [2.45, 2.75) is 52.2 Å². The van der Waals surface area contributed by atoms with Crippen molar-refractivity contribution < 1.29 is 19.1 Å². The van der Waals surface area contributed by atoms with Gasteiger partial charge in [0.2, 0.25) is 18.6 Å². The van der Waals surface area contributed by atoms with Gasteiger partial charge in [0.05, 0.1) is 6.04 Å². The molecule has 2 atom stereocenters. The molecule has 2 heterocycles. The Morgan fingerprint density at radius 2 is 1.97 bits per heavy atom. The van der Waals surface area contributed by atoms with Crippen LogP contribution in [-0.4, -0.2) is 29.5 Å². The molecule has 29 heavy (non-hydrogen) atoms. The first kappa shape index (κ1) is 19.3. The van der Waals surface area contributed by atoms with Gasteiger partial charge in [-0.15, -0.1) is 0 Å². The summed E-state index contributed by atoms with van der Waals surface area (Å²) < 4.78 is 10.8. The van der Waals surface area contributed by atoms with Crippen molar-refractivity contribution in [2.24, 2.45) is 0 Å². The summed E-state index contributed by atoms with van der Waals surface area (Å²) in [5.74, 6) is 1.28. The molecule has 2 aromatic rings. The predicted octanol–water partition coefficient (Wildman–Crippen LogP) is 3.40. The van der Waals surface area contributed by atoms with E-state index in [2.05, 4.69) is 37.4 Å². The fourth-order valence-corrected chi connectivity index (χ4v) is 4.14. The summed E-state index contributed by atoms with van der Waals surface area (Å²) in [5.41, 5.74) is 4.36. The maximum Gasteiger partial charge on any atom is 0.243 e. The molecule has 6 nitrogen and oxygen atoms in total. The Morgan fingerprint density at radius 1 is 1.17 bits per heavy atom. The second-order valence-electron chi connectivity index (χ2n) is 7.85. The van der Waals surface area contributed by atoms with Crippen molar-refractivity contribution in [3.05, 3.63) is 58.7 Å². The normalized spacial score (nSPS) is 18.8. The number of carbonyl (C=O) groups is 2. The first-order valence-corrected chi connectivity index (χ1v) is 9.98. The smallest absolute Gasteiger partial charge is 0.243 e. The minimum atomic E-state index is -0.457. The van der Waals surface area contributed by atoms with Crippen LogP contribution in [0.5, 0.6) is 11.5 Å². The second-order valence-corrected chi connectivity index (χ2v) is 7.85. The lowest BCUT2D eigenvalue weighted by atomic mass is 10.00. The van der Waals surface area contributed by atoms with Crippen LogP contribution in [0.3, 0.4) is 0 Å². The van der Waals surface area contributed by atoms with Crippen LogP contribution in [0.25, 0.3) is 0 Å². The minimum absolute atomic E-state index is 0.00184. The Labute approximate surface area is 170 Å². The highest BCUT2D eigenvalue weighted by molar-refractivity contribution is 5.91. The average molecular weight is 394 g/mol. The third-order valence-corrected chi connectivity index (χ3v) is 5.67. The number of likely N-dealkylation sites (tertiary alicyclic amines) is 1. The van der Waals surface area contributed by atoms with Gasteiger partial charge in [0, 0.05) is 13.0 Å². The van der Waals surface area contributed by atoms with E-state index in [9.17, 15) is 9.59 Å². The van der Waals surface area contributed by atoms with Crippen LogP contribution in [0, 0.1) is 13.8 Å². The van der Waals surface area contributed by atoms with E-state index in [1.807, 2.05) is 25.1 Å². The van der Waals surface area contributed by atoms with Crippen molar-refractivity contribution in [2.75, 3.05) is 6.79 Å². The molecule has 6 heteroatoms. The van der Waals surface area contributed by atoms with Crippen molar-refractivity contribution in [3.8, 4) is 11.5 Å². The number of nitrogens with zero attached hydrogens (tertiary/aromatic N) is 1. The number of aryl methyl sites for hydroxylation is 2. The maximum absolute atomic E-state index is 13.0. The highest BCUT2D eigenvalue weighted by Gasteiger charge is 2.36. The van der Waals surface area contributed by atoms with Gasteiger partial charge in [-0.3, -0.25) is 9.59 Å². The van der Waals surface area contributed by atoms with E-state index in [-0.39, 0.29) is 24.6 Å². The Kier molecular flexibility index (Phi) is 5.18. The number of amides is 2. The van der Waals surface area contributed by atoms with Crippen LogP contribution in [0.15, 0.2) is 36.4 Å². The van der Waals surface area contributed by atoms with Crippen LogP contribution in [-0.2, 0) is 16.1 Å². The number of hydrogen-bond acceptors (Lipinski definition) is 4. The Balaban J connectivity index is 1.46. The highest BCUT2D eigenvalue weighted by Crippen LogP contribution is 2.33. The summed E-state index contributed by atoms with van der Waals surface area (Å²) in [4.78, 5) is 27.1. The van der Waals surface area contributed by atoms with Gasteiger partial charge in [-0.25, -0.2) is 0 Å². The molecule has 0 saturated carbocycles. The lowest BCUT2D eigenvalue weighted by Crippen LogP contribution is -2.45. The van der Waals surface area contributed by atoms with Gasteiger partial charge < -0.3 is 19.7 Å². The Bertz CT molecular complexity index is 956. The molecule has 1 fully saturated rings. The van der Waals surface area contributed by atoms with E-state index in [4.69, 9.17) is 9.47 Å². The number of nitrogens with one attached hydrogen (secondary N) is 1. The topological polar surface area (TPSA) is 67.9 Å². The van der Waals surface area contributed by atoms with Crippen LogP contribution in [0.1, 0.15) is 48.1 Å². The van der Waals surface area contributed by atoms with Crippen molar-refractivity contribution in [1.29, 1.82) is 0 Å². The summed E-state index contributed by atoms with van der Waals surface area (Å²) >= 11 is 0. The SMILES string of the molecule is Cc1ccc(C(C)NC(=O)C2CCC(=O)N2Cc2ccc3c(c2)OCO3)c(C)c1. The van der Waals surface area contributed by atoms with E-state index in [1.54, 1.807) is 4.90 Å². The largest absolute Gasteiger partial charge is 0.454 e. The molecule has 0 aromatic heterocycles. The van der Waals surface area contributed by atoms with Crippen LogP contribution in [0.4, 0.5) is 0 Å². The summed E-state index contributed by atoms with van der Waals surface area (Å²) in [7, 11) is 0. The molecule has 4 rings (SSSR count). The minimum Gasteiger partial charge on any atom is -0.454 e. The molecule has 2 aliphatic rings. The van der Waals surface area contributed by atoms with E-state index in [1.165, 1.54) is 5.56 Å². The number of carbonyl (C=O) groups excluding carboxylic acids is 2. The predicted molar refractivity (Wildman–Crippen MR) is 109 cm³/mol. The van der Waals surface area contributed by atoms with Crippen molar-refractivity contribution >= 4 is 11.8 Å². The molecular formula is C23H26N2O4. The molecule has 0 bridgehead atoms. The molecular weight excluding hydrogens is 368 g/mol. The second kappa shape index (κ2) is 7.78. The lowest BCUT2D eigenvalue weighted by Gasteiger charge is -2.26. The zero-order valence-corrected chi connectivity index (χ0v) is 17.0. The number of hydrogen-bond donors (Lipinski definition) is 1. The van der Waals surface area contributed by atoms with Gasteiger partial charge in [0.25, 0.3) is 0 Å². The Hall–Kier alpha value is -3.02. The van der Waals surface area contributed by atoms with Crippen molar-refractivity contribution in [3.63, 3.8) is 0 Å². The quantitative estimate of drug-likeness (QED) is 0.844. The fourth-order valence-electron chi connectivity index (χ4n) is 4.14. The molecule has 2 aromatic carbocycles. The summed E-state index contributed by atoms with van der Waals surface area (Å²) in [6.07, 6.45) is 0.926. The first-order valence-electron chi connectivity index (χ1n) is 9.98. The molecule has 1 saturated heterocycles. The van der Waals surface area contributed by atoms with E-state index < -0.39 is 6.04 Å². The molecule has 2 amide bonds. The standard InChI is InChI=1S/C23H26N2O4/c1-14-4-6-18(15(2)10-14)16(3)24-23(27)19-7-9-22(26)25(19)12-17-5-8-20-21(11-17)29-13-28-20/h4-6,8,10-11,16,19H,7,9,12-13H2,1-3H3,(H,24,27). The van der Waals surface area contributed by atoms with Crippen molar-refractivity contribution in [1.82, 2.24) is 10.2 Å². The summed E-state index contributed by atoms with van der Waals surface area (Å²) in [6, 6.07) is 11.3. The molecule has 2 aliphatic heterocycles. The van der Waals surface area contributed by atoms with Gasteiger partial charge in [-0.05, 0) is 56.0 Å². The van der Waals surface area contributed by atoms with Gasteiger partial charge >= 0.3 is 0 Å². The average Bonchev–Trinajstić information content (AvgIpc) is 3.28.